The van der Waals surface area contributed by atoms with Crippen LogP contribution in [0.15, 0.2) is 42.5 Å². The summed E-state index contributed by atoms with van der Waals surface area (Å²) in [5.41, 5.74) is 0.752. The third-order valence-corrected chi connectivity index (χ3v) is 5.44. The second-order valence-electron chi connectivity index (χ2n) is 7.11. The topological polar surface area (TPSA) is 93.0 Å². The number of likely N-dealkylation sites (tertiary alicyclic amines) is 1. The molecule has 2 aromatic rings. The summed E-state index contributed by atoms with van der Waals surface area (Å²) in [7, 11) is 0. The van der Waals surface area contributed by atoms with Crippen molar-refractivity contribution in [2.45, 2.75) is 25.8 Å². The van der Waals surface area contributed by atoms with Crippen LogP contribution in [0.4, 0.5) is 5.69 Å². The van der Waals surface area contributed by atoms with E-state index < -0.39 is 16.7 Å². The van der Waals surface area contributed by atoms with E-state index in [0.29, 0.717) is 6.61 Å². The number of nitro groups is 1. The lowest BCUT2D eigenvalue weighted by molar-refractivity contribution is -0.385. The molecule has 8 heteroatoms. The Kier molecular flexibility index (Phi) is 5.02. The van der Waals surface area contributed by atoms with Crippen molar-refractivity contribution in [2.24, 2.45) is 0 Å². The van der Waals surface area contributed by atoms with Gasteiger partial charge in [-0.25, -0.2) is 0 Å². The number of carbonyl (C=O) groups is 2. The Bertz CT molecular complexity index is 973. The number of rotatable bonds is 6. The van der Waals surface area contributed by atoms with Crippen LogP contribution in [-0.4, -0.2) is 46.4 Å². The molecule has 1 fully saturated rings. The highest BCUT2D eigenvalue weighted by Crippen LogP contribution is 2.35. The van der Waals surface area contributed by atoms with Gasteiger partial charge in [0.15, 0.2) is 0 Å². The fourth-order valence-electron chi connectivity index (χ4n) is 4.10. The average molecular weight is 395 g/mol. The number of ether oxygens (including phenoxy) is 1. The molecular formula is C21H21N3O5. The van der Waals surface area contributed by atoms with Crippen LogP contribution in [0.5, 0.6) is 5.75 Å². The second-order valence-corrected chi connectivity index (χ2v) is 7.11. The Morgan fingerprint density at radius 1 is 1.14 bits per heavy atom. The summed E-state index contributed by atoms with van der Waals surface area (Å²) in [5.74, 6) is -0.283. The maximum absolute atomic E-state index is 12.8. The minimum absolute atomic E-state index is 0.0741. The number of benzene rings is 2. The predicted octanol–water partition coefficient (Wildman–Crippen LogP) is 3.38. The SMILES string of the molecule is CCOc1ccc([C@@H]2CCCN2CN2C(=O)c3cccc([N+](=O)[O-])c3C2=O)cc1. The maximum Gasteiger partial charge on any atom is 0.282 e. The molecule has 0 spiro atoms. The molecule has 8 nitrogen and oxygen atoms in total. The largest absolute Gasteiger partial charge is 0.494 e. The van der Waals surface area contributed by atoms with Crippen LogP contribution in [0.3, 0.4) is 0 Å². The van der Waals surface area contributed by atoms with Gasteiger partial charge in [0.2, 0.25) is 0 Å². The van der Waals surface area contributed by atoms with E-state index in [9.17, 15) is 19.7 Å². The first-order valence-electron chi connectivity index (χ1n) is 9.61. The lowest BCUT2D eigenvalue weighted by Crippen LogP contribution is -2.41. The molecule has 2 aliphatic rings. The quantitative estimate of drug-likeness (QED) is 0.423. The van der Waals surface area contributed by atoms with Gasteiger partial charge in [-0.05, 0) is 43.5 Å². The number of carbonyl (C=O) groups excluding carboxylic acids is 2. The van der Waals surface area contributed by atoms with Gasteiger partial charge < -0.3 is 4.74 Å². The van der Waals surface area contributed by atoms with Gasteiger partial charge >= 0.3 is 0 Å². The van der Waals surface area contributed by atoms with Gasteiger partial charge in [-0.1, -0.05) is 18.2 Å². The van der Waals surface area contributed by atoms with Crippen LogP contribution in [0, 0.1) is 10.1 Å². The molecule has 0 N–H and O–H groups in total. The summed E-state index contributed by atoms with van der Waals surface area (Å²) in [6.07, 6.45) is 1.86. The van der Waals surface area contributed by atoms with E-state index in [4.69, 9.17) is 4.74 Å². The molecule has 2 aliphatic heterocycles. The summed E-state index contributed by atoms with van der Waals surface area (Å²) in [6, 6.07) is 12.1. The van der Waals surface area contributed by atoms with Gasteiger partial charge in [0.1, 0.15) is 11.3 Å². The third-order valence-electron chi connectivity index (χ3n) is 5.44. The summed E-state index contributed by atoms with van der Waals surface area (Å²) in [4.78, 5) is 39.5. The van der Waals surface area contributed by atoms with Gasteiger partial charge in [0.05, 0.1) is 23.8 Å². The fourth-order valence-corrected chi connectivity index (χ4v) is 4.10. The molecule has 2 heterocycles. The highest BCUT2D eigenvalue weighted by Gasteiger charge is 2.42. The van der Waals surface area contributed by atoms with Crippen LogP contribution < -0.4 is 4.74 Å². The first kappa shape index (κ1) is 19.1. The lowest BCUT2D eigenvalue weighted by atomic mass is 10.0. The maximum atomic E-state index is 12.8. The van der Waals surface area contributed by atoms with Crippen molar-refractivity contribution in [3.8, 4) is 5.75 Å². The van der Waals surface area contributed by atoms with Gasteiger partial charge in [0, 0.05) is 18.7 Å². The van der Waals surface area contributed by atoms with E-state index in [2.05, 4.69) is 4.90 Å². The molecule has 4 rings (SSSR count). The van der Waals surface area contributed by atoms with Crippen LogP contribution in [-0.2, 0) is 0 Å². The zero-order chi connectivity index (χ0) is 20.5. The van der Waals surface area contributed by atoms with Crippen LogP contribution >= 0.6 is 0 Å². The highest BCUT2D eigenvalue weighted by molar-refractivity contribution is 6.23. The monoisotopic (exact) mass is 395 g/mol. The van der Waals surface area contributed by atoms with Gasteiger partial charge in [-0.3, -0.25) is 29.5 Å². The molecule has 0 unspecified atom stereocenters. The molecular weight excluding hydrogens is 374 g/mol. The van der Waals surface area contributed by atoms with Gasteiger partial charge in [0.25, 0.3) is 17.5 Å². The van der Waals surface area contributed by atoms with E-state index in [1.807, 2.05) is 31.2 Å². The highest BCUT2D eigenvalue weighted by atomic mass is 16.6. The molecule has 1 atom stereocenters. The Labute approximate surface area is 167 Å². The molecule has 0 aliphatic carbocycles. The van der Waals surface area contributed by atoms with E-state index in [1.54, 1.807) is 0 Å². The van der Waals surface area contributed by atoms with E-state index in [-0.39, 0.29) is 29.5 Å². The zero-order valence-corrected chi connectivity index (χ0v) is 16.0. The first-order chi connectivity index (χ1) is 14.0. The van der Waals surface area contributed by atoms with Crippen LogP contribution in [0.1, 0.15) is 52.1 Å². The number of fused-ring (bicyclic) bond motifs is 1. The van der Waals surface area contributed by atoms with E-state index in [0.717, 1.165) is 35.6 Å². The Morgan fingerprint density at radius 3 is 2.59 bits per heavy atom. The summed E-state index contributed by atoms with van der Waals surface area (Å²) < 4.78 is 5.49. The Hall–Kier alpha value is -3.26. The third kappa shape index (κ3) is 3.36. The zero-order valence-electron chi connectivity index (χ0n) is 16.0. The molecule has 2 amide bonds. The van der Waals surface area contributed by atoms with Crippen molar-refractivity contribution in [2.75, 3.05) is 19.8 Å². The van der Waals surface area contributed by atoms with Gasteiger partial charge in [-0.15, -0.1) is 0 Å². The smallest absolute Gasteiger partial charge is 0.282 e. The van der Waals surface area contributed by atoms with Crippen molar-refractivity contribution in [1.29, 1.82) is 0 Å². The summed E-state index contributed by atoms with van der Waals surface area (Å²) in [5, 5.41) is 11.3. The fraction of sp³-hybridized carbons (Fsp3) is 0.333. The summed E-state index contributed by atoms with van der Waals surface area (Å²) in [6.45, 7) is 3.38. The van der Waals surface area contributed by atoms with E-state index >= 15 is 0 Å². The molecule has 0 saturated carbocycles. The molecule has 0 radical (unpaired) electrons. The lowest BCUT2D eigenvalue weighted by Gasteiger charge is -2.28. The van der Waals surface area contributed by atoms with Crippen molar-refractivity contribution >= 4 is 17.5 Å². The van der Waals surface area contributed by atoms with Gasteiger partial charge in [-0.2, -0.15) is 0 Å². The van der Waals surface area contributed by atoms with Crippen LogP contribution in [0.25, 0.3) is 0 Å². The molecule has 29 heavy (non-hydrogen) atoms. The number of amides is 2. The predicted molar refractivity (Wildman–Crippen MR) is 105 cm³/mol. The number of imide groups is 1. The molecule has 0 bridgehead atoms. The molecule has 2 aromatic carbocycles. The summed E-state index contributed by atoms with van der Waals surface area (Å²) >= 11 is 0. The van der Waals surface area contributed by atoms with Crippen molar-refractivity contribution < 1.29 is 19.2 Å². The molecule has 1 saturated heterocycles. The van der Waals surface area contributed by atoms with Crippen molar-refractivity contribution in [1.82, 2.24) is 9.80 Å². The number of nitrogens with zero attached hydrogens (tertiary/aromatic N) is 3. The molecule has 0 aromatic heterocycles. The van der Waals surface area contributed by atoms with Crippen molar-refractivity contribution in [3.63, 3.8) is 0 Å². The second kappa shape index (κ2) is 7.63. The average Bonchev–Trinajstić information content (AvgIpc) is 3.28. The minimum Gasteiger partial charge on any atom is -0.494 e. The van der Waals surface area contributed by atoms with Crippen LogP contribution in [0.2, 0.25) is 0 Å². The van der Waals surface area contributed by atoms with Crippen molar-refractivity contribution in [3.05, 3.63) is 69.3 Å². The Balaban J connectivity index is 1.55. The number of nitro benzene ring substituents is 1. The standard InChI is InChI=1S/C21H21N3O5/c1-2-29-15-10-8-14(9-11-15)17-7-4-12-22(17)13-23-20(25)16-5-3-6-18(24(27)28)19(16)21(23)26/h3,5-6,8-11,17H,2,4,7,12-13H2,1H3/t17-/m0/s1. The normalized spacial score (nSPS) is 18.9. The number of hydrogen-bond acceptors (Lipinski definition) is 6. The van der Waals surface area contributed by atoms with E-state index in [1.165, 1.54) is 18.2 Å². The molecule has 150 valence electrons. The minimum atomic E-state index is -0.619. The Morgan fingerprint density at radius 2 is 1.90 bits per heavy atom. The first-order valence-corrected chi connectivity index (χ1v) is 9.61. The number of hydrogen-bond donors (Lipinski definition) is 0.